The maximum absolute atomic E-state index is 12.2. The van der Waals surface area contributed by atoms with Gasteiger partial charge in [-0.05, 0) is 54.1 Å². The molecule has 0 aliphatic carbocycles. The monoisotopic (exact) mass is 358 g/mol. The minimum Gasteiger partial charge on any atom is -0.465 e. The lowest BCUT2D eigenvalue weighted by Gasteiger charge is -2.08. The first-order valence-electron chi connectivity index (χ1n) is 5.99. The Hall–Kier alpha value is -1.04. The largest absolute Gasteiger partial charge is 0.465 e. The molecule has 0 saturated carbocycles. The van der Waals surface area contributed by atoms with Gasteiger partial charge in [0, 0.05) is 3.57 Å². The topological polar surface area (TPSA) is 39.4 Å². The zero-order valence-corrected chi connectivity index (χ0v) is 12.6. The van der Waals surface area contributed by atoms with Crippen molar-refractivity contribution in [1.29, 1.82) is 0 Å². The van der Waals surface area contributed by atoms with Crippen LogP contribution < -0.4 is 10.2 Å². The molecule has 1 heterocycles. The number of hydrogen-bond donors (Lipinski definition) is 0. The Bertz CT molecular complexity index is 616. The van der Waals surface area contributed by atoms with Crippen LogP contribution in [0.4, 0.5) is 0 Å². The fourth-order valence-electron chi connectivity index (χ4n) is 1.69. The average molecular weight is 358 g/mol. The summed E-state index contributed by atoms with van der Waals surface area (Å²) in [6.07, 6.45) is 2.00. The molecule has 0 atom stereocenters. The van der Waals surface area contributed by atoms with E-state index in [1.807, 2.05) is 18.2 Å². The molecule has 2 rings (SSSR count). The highest BCUT2D eigenvalue weighted by Gasteiger charge is 2.11. The van der Waals surface area contributed by atoms with Gasteiger partial charge in [0.1, 0.15) is 5.58 Å². The van der Waals surface area contributed by atoms with E-state index in [9.17, 15) is 4.79 Å². The first kappa shape index (κ1) is 13.4. The van der Waals surface area contributed by atoms with E-state index < -0.39 is 0 Å². The highest BCUT2D eigenvalue weighted by Crippen LogP contribution is 2.23. The first-order chi connectivity index (χ1) is 8.63. The second-order valence-corrected chi connectivity index (χ2v) is 5.43. The molecule has 1 aromatic carbocycles. The Kier molecular flexibility index (Phi) is 4.27. The molecule has 4 heteroatoms. The van der Waals surface area contributed by atoms with Crippen molar-refractivity contribution < 1.29 is 9.15 Å². The van der Waals surface area contributed by atoms with Crippen LogP contribution in [0, 0.1) is 10.5 Å². The molecular weight excluding hydrogens is 343 g/mol. The lowest BCUT2D eigenvalue weighted by Crippen LogP contribution is -2.09. The molecule has 0 unspecified atom stereocenters. The van der Waals surface area contributed by atoms with Crippen LogP contribution in [0.15, 0.2) is 27.4 Å². The summed E-state index contributed by atoms with van der Waals surface area (Å²) in [7, 11) is 0. The molecule has 0 spiro atoms. The Morgan fingerprint density at radius 1 is 1.39 bits per heavy atom. The lowest BCUT2D eigenvalue weighted by molar-refractivity contribution is 0.238. The minimum absolute atomic E-state index is 0.0127. The van der Waals surface area contributed by atoms with E-state index in [0.29, 0.717) is 29.1 Å². The molecule has 0 aliphatic heterocycles. The fraction of sp³-hybridized carbons (Fsp3) is 0.357. The van der Waals surface area contributed by atoms with Crippen molar-refractivity contribution in [3.8, 4) is 5.95 Å². The van der Waals surface area contributed by atoms with Gasteiger partial charge in [0.25, 0.3) is 5.95 Å². The zero-order valence-electron chi connectivity index (χ0n) is 10.5. The zero-order chi connectivity index (χ0) is 13.1. The van der Waals surface area contributed by atoms with E-state index in [0.717, 1.165) is 16.4 Å². The Morgan fingerprint density at radius 3 is 2.89 bits per heavy atom. The number of halogens is 1. The summed E-state index contributed by atoms with van der Waals surface area (Å²) in [5.74, 6) is 0.349. The van der Waals surface area contributed by atoms with E-state index in [2.05, 4.69) is 29.5 Å². The van der Waals surface area contributed by atoms with Gasteiger partial charge in [0.05, 0.1) is 17.6 Å². The molecule has 3 nitrogen and oxygen atoms in total. The normalized spacial score (nSPS) is 10.8. The molecular formula is C14H15IO3. The Labute approximate surface area is 119 Å². The SMILES string of the molecule is CCCCOc1oc2ccc(I)cc2c(=O)c1C. The van der Waals surface area contributed by atoms with Gasteiger partial charge in [-0.3, -0.25) is 4.79 Å². The van der Waals surface area contributed by atoms with Gasteiger partial charge in [-0.2, -0.15) is 0 Å². The van der Waals surface area contributed by atoms with Gasteiger partial charge in [-0.15, -0.1) is 0 Å². The summed E-state index contributed by atoms with van der Waals surface area (Å²) in [4.78, 5) is 12.2. The van der Waals surface area contributed by atoms with Crippen LogP contribution in [0.1, 0.15) is 25.3 Å². The van der Waals surface area contributed by atoms with Crippen LogP contribution >= 0.6 is 22.6 Å². The molecule has 0 aliphatic rings. The van der Waals surface area contributed by atoms with Crippen LogP contribution in [0.3, 0.4) is 0 Å². The summed E-state index contributed by atoms with van der Waals surface area (Å²) < 4.78 is 12.2. The summed E-state index contributed by atoms with van der Waals surface area (Å²) in [5.41, 5.74) is 1.11. The third-order valence-electron chi connectivity index (χ3n) is 2.77. The minimum atomic E-state index is -0.0127. The van der Waals surface area contributed by atoms with Crippen molar-refractivity contribution in [1.82, 2.24) is 0 Å². The number of benzene rings is 1. The number of fused-ring (bicyclic) bond motifs is 1. The van der Waals surface area contributed by atoms with Gasteiger partial charge in [0.15, 0.2) is 5.43 Å². The van der Waals surface area contributed by atoms with E-state index in [4.69, 9.17) is 9.15 Å². The van der Waals surface area contributed by atoms with E-state index in [-0.39, 0.29) is 5.43 Å². The summed E-state index contributed by atoms with van der Waals surface area (Å²) in [5, 5.41) is 0.613. The maximum atomic E-state index is 12.2. The molecule has 1 aromatic heterocycles. The predicted molar refractivity (Wildman–Crippen MR) is 80.3 cm³/mol. The Morgan fingerprint density at radius 2 is 2.17 bits per heavy atom. The summed E-state index contributed by atoms with van der Waals surface area (Å²) in [6.45, 7) is 4.41. The van der Waals surface area contributed by atoms with Crippen LogP contribution in [0.5, 0.6) is 5.95 Å². The van der Waals surface area contributed by atoms with Gasteiger partial charge in [-0.25, -0.2) is 0 Å². The van der Waals surface area contributed by atoms with Crippen molar-refractivity contribution in [3.05, 3.63) is 37.6 Å². The van der Waals surface area contributed by atoms with Gasteiger partial charge >= 0.3 is 0 Å². The molecule has 0 amide bonds. The Balaban J connectivity index is 2.47. The second kappa shape index (κ2) is 5.73. The van der Waals surface area contributed by atoms with Crippen molar-refractivity contribution >= 4 is 33.6 Å². The highest BCUT2D eigenvalue weighted by molar-refractivity contribution is 14.1. The molecule has 0 fully saturated rings. The van der Waals surface area contributed by atoms with Crippen LogP contribution in [-0.2, 0) is 0 Å². The predicted octanol–water partition coefficient (Wildman–Crippen LogP) is 3.88. The molecule has 0 radical (unpaired) electrons. The third-order valence-corrected chi connectivity index (χ3v) is 3.44. The first-order valence-corrected chi connectivity index (χ1v) is 7.07. The van der Waals surface area contributed by atoms with Crippen molar-refractivity contribution in [2.75, 3.05) is 6.61 Å². The van der Waals surface area contributed by atoms with Crippen molar-refractivity contribution in [3.63, 3.8) is 0 Å². The van der Waals surface area contributed by atoms with Crippen LogP contribution in [-0.4, -0.2) is 6.61 Å². The standard InChI is InChI=1S/C14H15IO3/c1-3-4-7-17-14-9(2)13(16)11-8-10(15)5-6-12(11)18-14/h5-6,8H,3-4,7H2,1-2H3. The summed E-state index contributed by atoms with van der Waals surface area (Å²) >= 11 is 2.18. The van der Waals surface area contributed by atoms with E-state index in [1.54, 1.807) is 6.92 Å². The van der Waals surface area contributed by atoms with E-state index in [1.165, 1.54) is 0 Å². The van der Waals surface area contributed by atoms with E-state index >= 15 is 0 Å². The number of ether oxygens (including phenoxy) is 1. The highest BCUT2D eigenvalue weighted by atomic mass is 127. The van der Waals surface area contributed by atoms with Crippen LogP contribution in [0.25, 0.3) is 11.0 Å². The van der Waals surface area contributed by atoms with Gasteiger partial charge in [0.2, 0.25) is 0 Å². The molecule has 0 saturated heterocycles. The lowest BCUT2D eigenvalue weighted by atomic mass is 10.2. The number of unbranched alkanes of at least 4 members (excludes halogenated alkanes) is 1. The molecule has 0 bridgehead atoms. The number of hydrogen-bond acceptors (Lipinski definition) is 3. The molecule has 2 aromatic rings. The number of rotatable bonds is 4. The van der Waals surface area contributed by atoms with Crippen LogP contribution in [0.2, 0.25) is 0 Å². The summed E-state index contributed by atoms with van der Waals surface area (Å²) in [6, 6.07) is 5.56. The van der Waals surface area contributed by atoms with Crippen molar-refractivity contribution in [2.45, 2.75) is 26.7 Å². The quantitative estimate of drug-likeness (QED) is 0.615. The molecule has 0 N–H and O–H groups in total. The average Bonchev–Trinajstić information content (AvgIpc) is 2.36. The smallest absolute Gasteiger partial charge is 0.291 e. The second-order valence-electron chi connectivity index (χ2n) is 4.19. The van der Waals surface area contributed by atoms with Gasteiger partial charge < -0.3 is 9.15 Å². The third kappa shape index (κ3) is 2.68. The van der Waals surface area contributed by atoms with Crippen molar-refractivity contribution in [2.24, 2.45) is 0 Å². The maximum Gasteiger partial charge on any atom is 0.291 e. The molecule has 18 heavy (non-hydrogen) atoms. The fourth-order valence-corrected chi connectivity index (χ4v) is 2.18. The van der Waals surface area contributed by atoms with Gasteiger partial charge in [-0.1, -0.05) is 13.3 Å². The molecule has 96 valence electrons.